The predicted octanol–water partition coefficient (Wildman–Crippen LogP) is 13.1. The third-order valence-electron chi connectivity index (χ3n) is 10.3. The summed E-state index contributed by atoms with van der Waals surface area (Å²) >= 11 is 0. The topological polar surface area (TPSA) is 77.8 Å². The van der Waals surface area contributed by atoms with Crippen molar-refractivity contribution in [1.82, 2.24) is 19.9 Å². The number of para-hydroxylation sites is 2. The summed E-state index contributed by atoms with van der Waals surface area (Å²) in [6.45, 7) is 0. The van der Waals surface area contributed by atoms with Gasteiger partial charge in [0.05, 0.1) is 33.9 Å². The SMILES string of the molecule is c1ccc(-c2cc(-c3ccccc3)nc(-c3cccc4c3oc3cc5oc6c(-c7nc(-c8ccccc8)cc(-c8ccccc8)n7)cccc6c5cc34)n2)cc1. The molecule has 11 aromatic rings. The van der Waals surface area contributed by atoms with Crippen LogP contribution < -0.4 is 0 Å². The molecule has 0 radical (unpaired) electrons. The Labute approximate surface area is 321 Å². The molecule has 0 unspecified atom stereocenters. The summed E-state index contributed by atoms with van der Waals surface area (Å²) in [4.78, 5) is 20.4. The monoisotopic (exact) mass is 718 g/mol. The Morgan fingerprint density at radius 2 is 0.625 bits per heavy atom. The lowest BCUT2D eigenvalue weighted by Crippen LogP contribution is -1.96. The zero-order valence-corrected chi connectivity index (χ0v) is 29.9. The molecule has 0 saturated heterocycles. The average Bonchev–Trinajstić information content (AvgIpc) is 3.84. The largest absolute Gasteiger partial charge is 0.455 e. The van der Waals surface area contributed by atoms with Crippen molar-refractivity contribution < 1.29 is 8.83 Å². The Bertz CT molecular complexity index is 2900. The molecule has 0 aliphatic carbocycles. The lowest BCUT2D eigenvalue weighted by molar-refractivity contribution is 0.657. The van der Waals surface area contributed by atoms with Gasteiger partial charge >= 0.3 is 0 Å². The van der Waals surface area contributed by atoms with Gasteiger partial charge in [-0.05, 0) is 30.3 Å². The van der Waals surface area contributed by atoms with Crippen LogP contribution in [0.15, 0.2) is 191 Å². The molecule has 0 bridgehead atoms. The lowest BCUT2D eigenvalue weighted by atomic mass is 10.0. The van der Waals surface area contributed by atoms with Gasteiger partial charge in [0.15, 0.2) is 11.6 Å². The number of nitrogens with zero attached hydrogens (tertiary/aromatic N) is 4. The van der Waals surface area contributed by atoms with E-state index < -0.39 is 0 Å². The van der Waals surface area contributed by atoms with E-state index in [1.165, 1.54) is 0 Å². The van der Waals surface area contributed by atoms with Crippen molar-refractivity contribution in [1.29, 1.82) is 0 Å². The Kier molecular flexibility index (Phi) is 7.38. The first-order valence-electron chi connectivity index (χ1n) is 18.5. The first-order chi connectivity index (χ1) is 27.7. The maximum atomic E-state index is 6.71. The fourth-order valence-corrected chi connectivity index (χ4v) is 7.60. The molecule has 0 N–H and O–H groups in total. The number of furan rings is 2. The molecule has 0 saturated carbocycles. The van der Waals surface area contributed by atoms with E-state index in [1.807, 2.05) is 115 Å². The summed E-state index contributed by atoms with van der Waals surface area (Å²) in [5.41, 5.74) is 12.0. The van der Waals surface area contributed by atoms with Crippen molar-refractivity contribution in [3.8, 4) is 67.8 Å². The van der Waals surface area contributed by atoms with Crippen molar-refractivity contribution in [3.63, 3.8) is 0 Å². The average molecular weight is 719 g/mol. The van der Waals surface area contributed by atoms with Gasteiger partial charge < -0.3 is 8.83 Å². The molecule has 0 amide bonds. The minimum Gasteiger partial charge on any atom is -0.455 e. The van der Waals surface area contributed by atoms with E-state index in [-0.39, 0.29) is 0 Å². The second kappa shape index (κ2) is 13.0. The van der Waals surface area contributed by atoms with E-state index in [0.717, 1.165) is 100 Å². The number of fused-ring (bicyclic) bond motifs is 6. The molecule has 0 atom stereocenters. The molecule has 6 heteroatoms. The summed E-state index contributed by atoms with van der Waals surface area (Å²) in [5.74, 6) is 1.20. The van der Waals surface area contributed by atoms with Gasteiger partial charge in [0.1, 0.15) is 22.3 Å². The predicted molar refractivity (Wildman–Crippen MR) is 225 cm³/mol. The third-order valence-corrected chi connectivity index (χ3v) is 10.3. The van der Waals surface area contributed by atoms with Crippen LogP contribution in [0.2, 0.25) is 0 Å². The van der Waals surface area contributed by atoms with E-state index in [2.05, 4.69) is 66.7 Å². The van der Waals surface area contributed by atoms with E-state index in [0.29, 0.717) is 11.6 Å². The normalized spacial score (nSPS) is 11.6. The minimum absolute atomic E-state index is 0.598. The van der Waals surface area contributed by atoms with Crippen LogP contribution in [0.25, 0.3) is 112 Å². The number of hydrogen-bond acceptors (Lipinski definition) is 6. The minimum atomic E-state index is 0.598. The van der Waals surface area contributed by atoms with Gasteiger partial charge in [-0.25, -0.2) is 19.9 Å². The summed E-state index contributed by atoms with van der Waals surface area (Å²) in [5, 5.41) is 3.93. The summed E-state index contributed by atoms with van der Waals surface area (Å²) in [6.07, 6.45) is 0. The van der Waals surface area contributed by atoms with Crippen LogP contribution in [-0.4, -0.2) is 19.9 Å². The molecule has 4 aromatic heterocycles. The maximum Gasteiger partial charge on any atom is 0.164 e. The second-order valence-electron chi connectivity index (χ2n) is 13.8. The van der Waals surface area contributed by atoms with Gasteiger partial charge in [-0.3, -0.25) is 0 Å². The molecular formula is C50H30N4O2. The second-order valence-corrected chi connectivity index (χ2v) is 13.8. The lowest BCUT2D eigenvalue weighted by Gasteiger charge is -2.09. The molecule has 0 aliphatic rings. The maximum absolute atomic E-state index is 6.71. The molecule has 56 heavy (non-hydrogen) atoms. The molecular weight excluding hydrogens is 689 g/mol. The van der Waals surface area contributed by atoms with Crippen LogP contribution in [0.1, 0.15) is 0 Å². The van der Waals surface area contributed by atoms with Gasteiger partial charge in [-0.2, -0.15) is 0 Å². The highest BCUT2D eigenvalue weighted by molar-refractivity contribution is 6.18. The first kappa shape index (κ1) is 31.8. The summed E-state index contributed by atoms with van der Waals surface area (Å²) in [6, 6.07) is 61.4. The Balaban J connectivity index is 1.07. The number of hydrogen-bond donors (Lipinski definition) is 0. The molecule has 0 aliphatic heterocycles. The van der Waals surface area contributed by atoms with Crippen molar-refractivity contribution >= 4 is 43.9 Å². The quantitative estimate of drug-likeness (QED) is 0.170. The smallest absolute Gasteiger partial charge is 0.164 e. The van der Waals surface area contributed by atoms with Crippen molar-refractivity contribution in [2.24, 2.45) is 0 Å². The summed E-state index contributed by atoms with van der Waals surface area (Å²) < 4.78 is 13.4. The molecule has 4 heterocycles. The van der Waals surface area contributed by atoms with Crippen molar-refractivity contribution in [2.45, 2.75) is 0 Å². The van der Waals surface area contributed by atoms with Gasteiger partial charge in [-0.15, -0.1) is 0 Å². The van der Waals surface area contributed by atoms with Crippen LogP contribution in [0, 0.1) is 0 Å². The van der Waals surface area contributed by atoms with E-state index in [1.54, 1.807) is 0 Å². The summed E-state index contributed by atoms with van der Waals surface area (Å²) in [7, 11) is 0. The van der Waals surface area contributed by atoms with Gasteiger partial charge in [0.2, 0.25) is 0 Å². The highest BCUT2D eigenvalue weighted by Gasteiger charge is 2.21. The van der Waals surface area contributed by atoms with Crippen LogP contribution in [-0.2, 0) is 0 Å². The van der Waals surface area contributed by atoms with E-state index >= 15 is 0 Å². The van der Waals surface area contributed by atoms with Crippen LogP contribution in [0.4, 0.5) is 0 Å². The van der Waals surface area contributed by atoms with Crippen LogP contribution in [0.3, 0.4) is 0 Å². The third kappa shape index (κ3) is 5.43. The molecule has 7 aromatic carbocycles. The first-order valence-corrected chi connectivity index (χ1v) is 18.5. The molecule has 0 spiro atoms. The Morgan fingerprint density at radius 1 is 0.286 bits per heavy atom. The number of aromatic nitrogens is 4. The number of rotatable bonds is 6. The zero-order valence-electron chi connectivity index (χ0n) is 29.9. The highest BCUT2D eigenvalue weighted by Crippen LogP contribution is 2.42. The fraction of sp³-hybridized carbons (Fsp3) is 0. The Morgan fingerprint density at radius 3 is 0.964 bits per heavy atom. The van der Waals surface area contributed by atoms with Gasteiger partial charge in [0.25, 0.3) is 0 Å². The van der Waals surface area contributed by atoms with Crippen LogP contribution in [0.5, 0.6) is 0 Å². The van der Waals surface area contributed by atoms with Crippen molar-refractivity contribution in [3.05, 3.63) is 182 Å². The van der Waals surface area contributed by atoms with E-state index in [9.17, 15) is 0 Å². The fourth-order valence-electron chi connectivity index (χ4n) is 7.60. The molecule has 6 nitrogen and oxygen atoms in total. The molecule has 0 fully saturated rings. The van der Waals surface area contributed by atoms with Gasteiger partial charge in [0, 0.05) is 49.9 Å². The highest BCUT2D eigenvalue weighted by atomic mass is 16.3. The number of benzene rings is 7. The van der Waals surface area contributed by atoms with E-state index in [4.69, 9.17) is 28.8 Å². The van der Waals surface area contributed by atoms with Gasteiger partial charge in [-0.1, -0.05) is 146 Å². The molecule has 11 rings (SSSR count). The zero-order chi connectivity index (χ0) is 37.0. The van der Waals surface area contributed by atoms with Crippen LogP contribution >= 0.6 is 0 Å². The molecule has 262 valence electrons. The standard InChI is InChI=1S/C50H30N4O2/c1-5-15-31(16-6-1)41-28-42(32-17-7-2-8-18-32)52-49(51-41)37-25-13-23-35-39-27-40-36-24-14-26-38(48(36)56-46(40)30-45(39)55-47(35)37)50-53-43(33-19-9-3-10-20-33)29-44(54-50)34-21-11-4-12-22-34/h1-30H. The van der Waals surface area contributed by atoms with Crippen molar-refractivity contribution in [2.75, 3.05) is 0 Å². The Hall–Kier alpha value is -7.70.